The lowest BCUT2D eigenvalue weighted by atomic mass is 10.3. The number of sulfonamides is 1. The minimum Gasteiger partial charge on any atom is -0.395 e. The van der Waals surface area contributed by atoms with Crippen molar-refractivity contribution in [1.29, 1.82) is 0 Å². The summed E-state index contributed by atoms with van der Waals surface area (Å²) in [6.07, 6.45) is 1.08. The van der Waals surface area contributed by atoms with Crippen molar-refractivity contribution in [2.45, 2.75) is 4.90 Å². The van der Waals surface area contributed by atoms with Gasteiger partial charge in [-0.3, -0.25) is 14.5 Å². The molecule has 0 saturated heterocycles. The van der Waals surface area contributed by atoms with Crippen LogP contribution in [0.2, 0.25) is 0 Å². The first-order valence-electron chi connectivity index (χ1n) is 5.91. The van der Waals surface area contributed by atoms with Gasteiger partial charge in [0, 0.05) is 11.8 Å². The molecule has 1 aromatic rings. The first kappa shape index (κ1) is 15.2. The maximum atomic E-state index is 11.9. The molecule has 0 atom stereocenters. The summed E-state index contributed by atoms with van der Waals surface area (Å²) in [4.78, 5) is 24.2. The lowest BCUT2D eigenvalue weighted by Gasteiger charge is -2.13. The largest absolute Gasteiger partial charge is 0.395 e. The average Bonchev–Trinajstić information content (AvgIpc) is 2.66. The van der Waals surface area contributed by atoms with E-state index in [9.17, 15) is 18.0 Å². The molecule has 0 aromatic heterocycles. The van der Waals surface area contributed by atoms with Gasteiger partial charge in [0.1, 0.15) is 5.70 Å². The van der Waals surface area contributed by atoms with Crippen LogP contribution in [0.1, 0.15) is 0 Å². The molecule has 0 spiro atoms. The Morgan fingerprint density at radius 3 is 2.62 bits per heavy atom. The van der Waals surface area contributed by atoms with Crippen molar-refractivity contribution >= 4 is 27.5 Å². The highest BCUT2D eigenvalue weighted by molar-refractivity contribution is 7.89. The van der Waals surface area contributed by atoms with Crippen molar-refractivity contribution in [3.63, 3.8) is 0 Å². The highest BCUT2D eigenvalue weighted by Gasteiger charge is 2.30. The molecule has 21 heavy (non-hydrogen) atoms. The van der Waals surface area contributed by atoms with E-state index >= 15 is 0 Å². The van der Waals surface area contributed by atoms with Crippen LogP contribution >= 0.6 is 0 Å². The van der Waals surface area contributed by atoms with E-state index in [1.165, 1.54) is 24.3 Å². The predicted octanol–water partition coefficient (Wildman–Crippen LogP) is -1.01. The molecular formula is C12H13N3O5S. The van der Waals surface area contributed by atoms with Crippen molar-refractivity contribution in [1.82, 2.24) is 4.90 Å². The fourth-order valence-corrected chi connectivity index (χ4v) is 2.38. The predicted molar refractivity (Wildman–Crippen MR) is 73.3 cm³/mol. The molecule has 1 aliphatic rings. The van der Waals surface area contributed by atoms with Crippen LogP contribution in [0.25, 0.3) is 0 Å². The maximum Gasteiger partial charge on any atom is 0.277 e. The number of rotatable bonds is 5. The molecule has 0 saturated carbocycles. The van der Waals surface area contributed by atoms with Gasteiger partial charge < -0.3 is 10.4 Å². The molecule has 0 radical (unpaired) electrons. The van der Waals surface area contributed by atoms with Crippen LogP contribution in [-0.4, -0.2) is 43.4 Å². The van der Waals surface area contributed by atoms with E-state index in [1.54, 1.807) is 0 Å². The summed E-state index contributed by atoms with van der Waals surface area (Å²) >= 11 is 0. The summed E-state index contributed by atoms with van der Waals surface area (Å²) in [5.74, 6) is -1.13. The van der Waals surface area contributed by atoms with Crippen molar-refractivity contribution in [3.05, 3.63) is 36.0 Å². The van der Waals surface area contributed by atoms with Crippen LogP contribution in [0.3, 0.4) is 0 Å². The Labute approximate surface area is 120 Å². The third-order valence-electron chi connectivity index (χ3n) is 2.77. The van der Waals surface area contributed by atoms with Crippen molar-refractivity contribution < 1.29 is 23.1 Å². The molecule has 0 unspecified atom stereocenters. The number of amides is 2. The third kappa shape index (κ3) is 3.27. The molecule has 8 nitrogen and oxygen atoms in total. The SMILES string of the molecule is NS(=O)(=O)c1cccc(NC2=CC(=O)N(CCO)C2=O)c1. The van der Waals surface area contributed by atoms with E-state index < -0.39 is 21.8 Å². The summed E-state index contributed by atoms with van der Waals surface area (Å²) < 4.78 is 22.5. The minimum atomic E-state index is -3.86. The van der Waals surface area contributed by atoms with E-state index in [2.05, 4.69) is 5.32 Å². The van der Waals surface area contributed by atoms with Gasteiger partial charge in [-0.15, -0.1) is 0 Å². The number of β-amino-alcohol motifs (C(OH)–C–C–N with tert-alkyl or cyclic N) is 1. The number of nitrogens with one attached hydrogen (secondary N) is 1. The number of carbonyl (C=O) groups excluding carboxylic acids is 2. The number of carbonyl (C=O) groups is 2. The topological polar surface area (TPSA) is 130 Å². The number of aliphatic hydroxyl groups excluding tert-OH is 1. The van der Waals surface area contributed by atoms with Crippen molar-refractivity contribution in [2.75, 3.05) is 18.5 Å². The molecular weight excluding hydrogens is 298 g/mol. The third-order valence-corrected chi connectivity index (χ3v) is 3.69. The second-order valence-electron chi connectivity index (χ2n) is 4.27. The molecule has 0 bridgehead atoms. The van der Waals surface area contributed by atoms with Gasteiger partial charge in [-0.2, -0.15) is 0 Å². The van der Waals surface area contributed by atoms with Crippen LogP contribution < -0.4 is 10.5 Å². The Bertz CT molecular complexity index is 726. The van der Waals surface area contributed by atoms with Crippen molar-refractivity contribution in [3.8, 4) is 0 Å². The smallest absolute Gasteiger partial charge is 0.277 e. The first-order chi connectivity index (χ1) is 9.82. The fraction of sp³-hybridized carbons (Fsp3) is 0.167. The van der Waals surface area contributed by atoms with Gasteiger partial charge in [-0.25, -0.2) is 13.6 Å². The summed E-state index contributed by atoms with van der Waals surface area (Å²) in [7, 11) is -3.86. The summed E-state index contributed by atoms with van der Waals surface area (Å²) in [5.41, 5.74) is 0.305. The Balaban J connectivity index is 2.22. The van der Waals surface area contributed by atoms with E-state index in [-0.39, 0.29) is 23.7 Å². The number of hydrogen-bond acceptors (Lipinski definition) is 6. The number of hydrogen-bond donors (Lipinski definition) is 3. The number of primary sulfonamides is 1. The van der Waals surface area contributed by atoms with Crippen LogP contribution in [0.15, 0.2) is 40.9 Å². The monoisotopic (exact) mass is 311 g/mol. The van der Waals surface area contributed by atoms with E-state index in [1.807, 2.05) is 0 Å². The highest BCUT2D eigenvalue weighted by Crippen LogP contribution is 2.19. The van der Waals surface area contributed by atoms with Crippen LogP contribution in [0.5, 0.6) is 0 Å². The number of nitrogens with two attached hydrogens (primary N) is 1. The minimum absolute atomic E-state index is 0.0000180. The van der Waals surface area contributed by atoms with Crippen LogP contribution in [0, 0.1) is 0 Å². The summed E-state index contributed by atoms with van der Waals surface area (Å²) in [5, 5.41) is 16.5. The first-order valence-corrected chi connectivity index (χ1v) is 7.46. The lowest BCUT2D eigenvalue weighted by Crippen LogP contribution is -2.34. The number of nitrogens with zero attached hydrogens (tertiary/aromatic N) is 1. The molecule has 0 aliphatic carbocycles. The standard InChI is InChI=1S/C12H13N3O5S/c13-21(19,20)9-3-1-2-8(6-9)14-10-7-11(17)15(4-5-16)12(10)18/h1-3,6-7,14,16H,4-5H2,(H2,13,19,20). The second kappa shape index (κ2) is 5.64. The van der Waals surface area contributed by atoms with Gasteiger partial charge in [-0.1, -0.05) is 6.07 Å². The quantitative estimate of drug-likeness (QED) is 0.597. The molecule has 1 aliphatic heterocycles. The average molecular weight is 311 g/mol. The summed E-state index contributed by atoms with van der Waals surface area (Å²) in [6.45, 7) is -0.434. The van der Waals surface area contributed by atoms with Gasteiger partial charge in [-0.05, 0) is 18.2 Å². The van der Waals surface area contributed by atoms with Gasteiger partial charge in [0.2, 0.25) is 10.0 Å². The zero-order valence-corrected chi connectivity index (χ0v) is 11.6. The lowest BCUT2D eigenvalue weighted by molar-refractivity contribution is -0.137. The van der Waals surface area contributed by atoms with Crippen molar-refractivity contribution in [2.24, 2.45) is 5.14 Å². The van der Waals surface area contributed by atoms with Gasteiger partial charge in [0.15, 0.2) is 0 Å². The van der Waals surface area contributed by atoms with E-state index in [0.29, 0.717) is 5.69 Å². The number of imide groups is 1. The number of benzene rings is 1. The Morgan fingerprint density at radius 1 is 1.29 bits per heavy atom. The van der Waals surface area contributed by atoms with Crippen LogP contribution in [0.4, 0.5) is 5.69 Å². The van der Waals surface area contributed by atoms with Gasteiger partial charge >= 0.3 is 0 Å². The Hall–Kier alpha value is -2.23. The van der Waals surface area contributed by atoms with Crippen LogP contribution in [-0.2, 0) is 19.6 Å². The zero-order valence-electron chi connectivity index (χ0n) is 10.8. The van der Waals surface area contributed by atoms with Gasteiger partial charge in [0.25, 0.3) is 11.8 Å². The number of aliphatic hydroxyl groups is 1. The molecule has 9 heteroatoms. The second-order valence-corrected chi connectivity index (χ2v) is 5.84. The molecule has 2 rings (SSSR count). The Kier molecular flexibility index (Phi) is 4.07. The molecule has 0 fully saturated rings. The molecule has 1 aromatic carbocycles. The fourth-order valence-electron chi connectivity index (χ4n) is 1.82. The maximum absolute atomic E-state index is 11.9. The highest BCUT2D eigenvalue weighted by atomic mass is 32.2. The van der Waals surface area contributed by atoms with E-state index in [0.717, 1.165) is 11.0 Å². The normalized spacial score (nSPS) is 15.3. The molecule has 4 N–H and O–H groups in total. The summed E-state index contributed by atoms with van der Waals surface area (Å²) in [6, 6.07) is 5.55. The van der Waals surface area contributed by atoms with E-state index in [4.69, 9.17) is 10.2 Å². The zero-order chi connectivity index (χ0) is 15.6. The molecule has 1 heterocycles. The number of anilines is 1. The Morgan fingerprint density at radius 2 is 2.00 bits per heavy atom. The molecule has 2 amide bonds. The van der Waals surface area contributed by atoms with Gasteiger partial charge in [0.05, 0.1) is 18.0 Å². The molecule has 112 valence electrons.